The molecule has 2 heterocycles. The minimum Gasteiger partial charge on any atom is -0.332 e. The van der Waals surface area contributed by atoms with E-state index in [0.29, 0.717) is 16.0 Å². The molecule has 2 N–H and O–H groups in total. The topological polar surface area (TPSA) is 84.7 Å². The Morgan fingerprint density at radius 3 is 2.74 bits per heavy atom. The van der Waals surface area contributed by atoms with Crippen molar-refractivity contribution in [3.05, 3.63) is 48.3 Å². The van der Waals surface area contributed by atoms with Gasteiger partial charge in [-0.05, 0) is 12.5 Å². The third kappa shape index (κ3) is 3.54. The van der Waals surface area contributed by atoms with Crippen LogP contribution in [0.5, 0.6) is 0 Å². The van der Waals surface area contributed by atoms with Crippen molar-refractivity contribution in [2.24, 2.45) is 7.05 Å². The summed E-state index contributed by atoms with van der Waals surface area (Å²) in [6, 6.07) is 9.34. The van der Waals surface area contributed by atoms with E-state index in [1.54, 1.807) is 6.20 Å². The van der Waals surface area contributed by atoms with Crippen LogP contribution in [0.2, 0.25) is 0 Å². The lowest BCUT2D eigenvalue weighted by molar-refractivity contribution is 0.249. The second kappa shape index (κ2) is 6.57. The molecule has 0 saturated carbocycles. The Morgan fingerprint density at radius 2 is 2.04 bits per heavy atom. The first-order valence-corrected chi connectivity index (χ1v) is 7.89. The zero-order valence-corrected chi connectivity index (χ0v) is 13.5. The molecule has 2 aromatic heterocycles. The number of benzene rings is 1. The summed E-state index contributed by atoms with van der Waals surface area (Å²) in [6.45, 7) is 1.92. The quantitative estimate of drug-likeness (QED) is 0.771. The fraction of sp³-hybridized carbons (Fsp3) is 0.200. The number of anilines is 1. The largest absolute Gasteiger partial charge is 0.332 e. The Kier molecular flexibility index (Phi) is 4.33. The van der Waals surface area contributed by atoms with Crippen LogP contribution in [0, 0.1) is 0 Å². The molecular weight excluding hydrogens is 312 g/mol. The predicted octanol–water partition coefficient (Wildman–Crippen LogP) is 2.82. The molecule has 0 fully saturated rings. The van der Waals surface area contributed by atoms with E-state index in [2.05, 4.69) is 25.8 Å². The molecule has 3 aromatic rings. The van der Waals surface area contributed by atoms with Crippen LogP contribution in [-0.2, 0) is 7.05 Å². The van der Waals surface area contributed by atoms with Crippen LogP contribution in [0.4, 0.5) is 9.93 Å². The highest BCUT2D eigenvalue weighted by Gasteiger charge is 2.14. The molecule has 7 nitrogen and oxygen atoms in total. The van der Waals surface area contributed by atoms with Gasteiger partial charge in [-0.15, -0.1) is 10.2 Å². The van der Waals surface area contributed by atoms with E-state index >= 15 is 0 Å². The highest BCUT2D eigenvalue weighted by Crippen LogP contribution is 2.24. The normalized spacial score (nSPS) is 11.9. The van der Waals surface area contributed by atoms with Crippen molar-refractivity contribution in [1.29, 1.82) is 0 Å². The Labute approximate surface area is 137 Å². The smallest absolute Gasteiger partial charge is 0.321 e. The summed E-state index contributed by atoms with van der Waals surface area (Å²) in [7, 11) is 1.88. The van der Waals surface area contributed by atoms with E-state index in [4.69, 9.17) is 0 Å². The third-order valence-electron chi connectivity index (χ3n) is 3.31. The lowest BCUT2D eigenvalue weighted by Gasteiger charge is -2.13. The van der Waals surface area contributed by atoms with E-state index in [1.807, 2.05) is 55.1 Å². The second-order valence-corrected chi connectivity index (χ2v) is 5.98. The predicted molar refractivity (Wildman–Crippen MR) is 89.1 cm³/mol. The summed E-state index contributed by atoms with van der Waals surface area (Å²) < 4.78 is 1.85. The Bertz CT molecular complexity index is 797. The fourth-order valence-electron chi connectivity index (χ4n) is 2.09. The van der Waals surface area contributed by atoms with Crippen LogP contribution in [0.1, 0.15) is 18.5 Å². The van der Waals surface area contributed by atoms with Crippen molar-refractivity contribution in [2.75, 3.05) is 5.32 Å². The van der Waals surface area contributed by atoms with E-state index in [1.165, 1.54) is 11.3 Å². The SMILES string of the molecule is C[C@@H](NC(=O)Nc1nnc(-c2nccn2C)s1)c1ccccc1. The summed E-state index contributed by atoms with van der Waals surface area (Å²) >= 11 is 1.28. The number of rotatable bonds is 4. The van der Waals surface area contributed by atoms with E-state index in [0.717, 1.165) is 5.56 Å². The number of amides is 2. The van der Waals surface area contributed by atoms with Crippen molar-refractivity contribution < 1.29 is 4.79 Å². The molecule has 1 aromatic carbocycles. The average Bonchev–Trinajstić information content (AvgIpc) is 3.16. The maximum absolute atomic E-state index is 12.1. The zero-order valence-electron chi connectivity index (χ0n) is 12.7. The van der Waals surface area contributed by atoms with Crippen LogP contribution >= 0.6 is 11.3 Å². The van der Waals surface area contributed by atoms with Gasteiger partial charge in [0.1, 0.15) is 0 Å². The second-order valence-electron chi connectivity index (χ2n) is 5.00. The van der Waals surface area contributed by atoms with Crippen LogP contribution in [0.15, 0.2) is 42.7 Å². The summed E-state index contributed by atoms with van der Waals surface area (Å²) in [5, 5.41) is 14.7. The number of aromatic nitrogens is 4. The highest BCUT2D eigenvalue weighted by atomic mass is 32.1. The van der Waals surface area contributed by atoms with Crippen LogP contribution < -0.4 is 10.6 Å². The number of urea groups is 1. The van der Waals surface area contributed by atoms with Gasteiger partial charge in [0.2, 0.25) is 5.13 Å². The summed E-state index contributed by atoms with van der Waals surface area (Å²) in [5.74, 6) is 0.716. The highest BCUT2D eigenvalue weighted by molar-refractivity contribution is 7.18. The summed E-state index contributed by atoms with van der Waals surface area (Å²) in [4.78, 5) is 16.3. The number of aryl methyl sites for hydroxylation is 1. The van der Waals surface area contributed by atoms with Crippen molar-refractivity contribution >= 4 is 22.5 Å². The van der Waals surface area contributed by atoms with Gasteiger partial charge in [-0.25, -0.2) is 9.78 Å². The minimum absolute atomic E-state index is 0.0990. The molecule has 0 spiro atoms. The molecular formula is C15H16N6OS. The summed E-state index contributed by atoms with van der Waals surface area (Å²) in [5.41, 5.74) is 1.04. The molecule has 8 heteroatoms. The molecule has 0 saturated heterocycles. The van der Waals surface area contributed by atoms with Gasteiger partial charge in [-0.2, -0.15) is 0 Å². The molecule has 0 aliphatic carbocycles. The molecule has 0 bridgehead atoms. The van der Waals surface area contributed by atoms with Gasteiger partial charge in [-0.1, -0.05) is 41.7 Å². The molecule has 23 heavy (non-hydrogen) atoms. The van der Waals surface area contributed by atoms with Crippen molar-refractivity contribution in [1.82, 2.24) is 25.1 Å². The minimum atomic E-state index is -0.316. The fourth-order valence-corrected chi connectivity index (χ4v) is 2.87. The monoisotopic (exact) mass is 328 g/mol. The number of nitrogens with one attached hydrogen (secondary N) is 2. The van der Waals surface area contributed by atoms with Gasteiger partial charge in [0.05, 0.1) is 6.04 Å². The first-order chi connectivity index (χ1) is 11.1. The first kappa shape index (κ1) is 15.2. The number of imidazole rings is 1. The van der Waals surface area contributed by atoms with E-state index < -0.39 is 0 Å². The number of nitrogens with zero attached hydrogens (tertiary/aromatic N) is 4. The Hall–Kier alpha value is -2.74. The maximum atomic E-state index is 12.1. The standard InChI is InChI=1S/C15H16N6OS/c1-10(11-6-4-3-5-7-11)17-14(22)18-15-20-19-13(23-15)12-16-8-9-21(12)2/h3-10H,1-2H3,(H2,17,18,20,22)/t10-/m1/s1. The molecule has 0 radical (unpaired) electrons. The molecule has 0 aliphatic rings. The zero-order chi connectivity index (χ0) is 16.2. The maximum Gasteiger partial charge on any atom is 0.321 e. The van der Waals surface area contributed by atoms with Crippen LogP contribution in [0.25, 0.3) is 10.8 Å². The van der Waals surface area contributed by atoms with Gasteiger partial charge in [0, 0.05) is 19.4 Å². The first-order valence-electron chi connectivity index (χ1n) is 7.07. The number of hydrogen-bond donors (Lipinski definition) is 2. The lowest BCUT2D eigenvalue weighted by Crippen LogP contribution is -2.31. The van der Waals surface area contributed by atoms with Gasteiger partial charge in [0.15, 0.2) is 10.8 Å². The number of carbonyl (C=O) groups excluding carboxylic acids is 1. The lowest BCUT2D eigenvalue weighted by atomic mass is 10.1. The summed E-state index contributed by atoms with van der Waals surface area (Å²) in [6.07, 6.45) is 3.52. The average molecular weight is 328 g/mol. The number of hydrogen-bond acceptors (Lipinski definition) is 5. The van der Waals surface area contributed by atoms with Crippen LogP contribution in [0.3, 0.4) is 0 Å². The van der Waals surface area contributed by atoms with Crippen molar-refractivity contribution in [2.45, 2.75) is 13.0 Å². The molecule has 0 unspecified atom stereocenters. The Morgan fingerprint density at radius 1 is 1.26 bits per heavy atom. The van der Waals surface area contributed by atoms with E-state index in [9.17, 15) is 4.79 Å². The van der Waals surface area contributed by atoms with Gasteiger partial charge < -0.3 is 9.88 Å². The molecule has 118 valence electrons. The number of carbonyl (C=O) groups is 1. The third-order valence-corrected chi connectivity index (χ3v) is 4.14. The molecule has 0 aliphatic heterocycles. The molecule has 3 rings (SSSR count). The van der Waals surface area contributed by atoms with Gasteiger partial charge >= 0.3 is 6.03 Å². The molecule has 1 atom stereocenters. The van der Waals surface area contributed by atoms with Crippen molar-refractivity contribution in [3.63, 3.8) is 0 Å². The van der Waals surface area contributed by atoms with Gasteiger partial charge in [-0.3, -0.25) is 5.32 Å². The van der Waals surface area contributed by atoms with Gasteiger partial charge in [0.25, 0.3) is 0 Å². The molecule has 2 amide bonds. The van der Waals surface area contributed by atoms with E-state index in [-0.39, 0.29) is 12.1 Å². The van der Waals surface area contributed by atoms with Crippen molar-refractivity contribution in [3.8, 4) is 10.8 Å². The Balaban J connectivity index is 1.63. The van der Waals surface area contributed by atoms with Crippen LogP contribution in [-0.4, -0.2) is 25.8 Å².